The number of nitrogens with zero attached hydrogens (tertiary/aromatic N) is 3. The van der Waals surface area contributed by atoms with Crippen LogP contribution in [-0.2, 0) is 0 Å². The molecule has 1 amide bonds. The van der Waals surface area contributed by atoms with E-state index in [2.05, 4.69) is 32.9 Å². The van der Waals surface area contributed by atoms with E-state index in [1.807, 2.05) is 18.0 Å². The van der Waals surface area contributed by atoms with E-state index in [1.54, 1.807) is 12.3 Å². The molecule has 1 fully saturated rings. The first-order valence-corrected chi connectivity index (χ1v) is 6.94. The number of carbonyl (C=O) groups excluding carboxylic acids is 1. The van der Waals surface area contributed by atoms with E-state index in [-0.39, 0.29) is 5.91 Å². The van der Waals surface area contributed by atoms with Crippen LogP contribution >= 0.6 is 15.9 Å². The maximum Gasteiger partial charge on any atom is 0.272 e. The maximum absolute atomic E-state index is 12.3. The van der Waals surface area contributed by atoms with Gasteiger partial charge in [0.2, 0.25) is 0 Å². The Labute approximate surface area is 116 Å². The molecule has 1 aliphatic heterocycles. The van der Waals surface area contributed by atoms with Crippen LogP contribution in [0.15, 0.2) is 22.8 Å². The summed E-state index contributed by atoms with van der Waals surface area (Å²) in [6, 6.07) is 3.94. The van der Waals surface area contributed by atoms with Crippen molar-refractivity contribution in [2.45, 2.75) is 18.9 Å². The molecule has 0 atom stereocenters. The zero-order valence-electron chi connectivity index (χ0n) is 10.8. The largest absolute Gasteiger partial charge is 0.337 e. The number of likely N-dealkylation sites (tertiary alicyclic amines) is 1. The van der Waals surface area contributed by atoms with Crippen molar-refractivity contribution in [1.82, 2.24) is 14.8 Å². The second kappa shape index (κ2) is 5.80. The van der Waals surface area contributed by atoms with Gasteiger partial charge in [-0.3, -0.25) is 4.79 Å². The summed E-state index contributed by atoms with van der Waals surface area (Å²) in [6.45, 7) is 2.10. The lowest BCUT2D eigenvalue weighted by atomic mass is 10.0. The minimum Gasteiger partial charge on any atom is -0.337 e. The van der Waals surface area contributed by atoms with Crippen LogP contribution in [0.2, 0.25) is 0 Å². The van der Waals surface area contributed by atoms with E-state index in [9.17, 15) is 4.79 Å². The molecule has 0 radical (unpaired) electrons. The Morgan fingerprint density at radius 3 is 2.67 bits per heavy atom. The highest BCUT2D eigenvalue weighted by molar-refractivity contribution is 9.10. The quantitative estimate of drug-likeness (QED) is 0.838. The van der Waals surface area contributed by atoms with Crippen LogP contribution in [-0.4, -0.2) is 53.9 Å². The summed E-state index contributed by atoms with van der Waals surface area (Å²) in [6.07, 6.45) is 3.74. The minimum absolute atomic E-state index is 0.0112. The van der Waals surface area contributed by atoms with Gasteiger partial charge < -0.3 is 9.80 Å². The molecular formula is C13H18BrN3O. The fraction of sp³-hybridized carbons (Fsp3) is 0.538. The Balaban J connectivity index is 2.02. The van der Waals surface area contributed by atoms with Gasteiger partial charge in [-0.2, -0.15) is 0 Å². The first kappa shape index (κ1) is 13.5. The standard InChI is InChI=1S/C13H18BrN3O/c1-16-7-5-11(6-8-16)17(2)13(18)12-4-3-10(14)9-15-12/h3-4,9,11H,5-8H2,1-2H3. The molecule has 1 aromatic heterocycles. The van der Waals surface area contributed by atoms with Gasteiger partial charge in [0, 0.05) is 23.8 Å². The summed E-state index contributed by atoms with van der Waals surface area (Å²) < 4.78 is 0.890. The van der Waals surface area contributed by atoms with Crippen molar-refractivity contribution in [3.63, 3.8) is 0 Å². The second-order valence-electron chi connectivity index (χ2n) is 4.81. The molecule has 0 saturated carbocycles. The van der Waals surface area contributed by atoms with E-state index >= 15 is 0 Å². The molecule has 1 aliphatic rings. The van der Waals surface area contributed by atoms with E-state index in [0.29, 0.717) is 11.7 Å². The Bertz CT molecular complexity index is 413. The monoisotopic (exact) mass is 311 g/mol. The first-order valence-electron chi connectivity index (χ1n) is 6.15. The van der Waals surface area contributed by atoms with Crippen LogP contribution in [0.1, 0.15) is 23.3 Å². The minimum atomic E-state index is 0.0112. The van der Waals surface area contributed by atoms with Crippen LogP contribution in [0.5, 0.6) is 0 Å². The molecule has 5 heteroatoms. The van der Waals surface area contributed by atoms with Gasteiger partial charge in [-0.25, -0.2) is 4.98 Å². The molecule has 1 aromatic rings. The molecule has 2 heterocycles. The summed E-state index contributed by atoms with van der Waals surface area (Å²) in [7, 11) is 4.00. The third-order valence-electron chi connectivity index (χ3n) is 3.50. The van der Waals surface area contributed by atoms with Crippen LogP contribution in [0.3, 0.4) is 0 Å². The fourth-order valence-electron chi connectivity index (χ4n) is 2.23. The summed E-state index contributed by atoms with van der Waals surface area (Å²) in [5, 5.41) is 0. The van der Waals surface area contributed by atoms with Crippen molar-refractivity contribution in [3.8, 4) is 0 Å². The van der Waals surface area contributed by atoms with E-state index in [0.717, 1.165) is 30.4 Å². The number of amides is 1. The van der Waals surface area contributed by atoms with Crippen molar-refractivity contribution in [2.24, 2.45) is 0 Å². The Kier molecular flexibility index (Phi) is 4.35. The Morgan fingerprint density at radius 1 is 1.44 bits per heavy atom. The Hall–Kier alpha value is -0.940. The molecular weight excluding hydrogens is 294 g/mol. The number of carbonyl (C=O) groups is 1. The molecule has 18 heavy (non-hydrogen) atoms. The number of hydrogen-bond acceptors (Lipinski definition) is 3. The summed E-state index contributed by atoms with van der Waals surface area (Å²) in [5.41, 5.74) is 0.514. The number of piperidine rings is 1. The van der Waals surface area contributed by atoms with Crippen molar-refractivity contribution in [2.75, 3.05) is 27.2 Å². The fourth-order valence-corrected chi connectivity index (χ4v) is 2.47. The Morgan fingerprint density at radius 2 is 2.11 bits per heavy atom. The number of aromatic nitrogens is 1. The number of hydrogen-bond donors (Lipinski definition) is 0. The smallest absolute Gasteiger partial charge is 0.272 e. The molecule has 0 spiro atoms. The third-order valence-corrected chi connectivity index (χ3v) is 3.97. The van der Waals surface area contributed by atoms with Crippen molar-refractivity contribution < 1.29 is 4.79 Å². The average Bonchev–Trinajstić information content (AvgIpc) is 2.39. The number of rotatable bonds is 2. The number of halogens is 1. The molecule has 0 bridgehead atoms. The predicted molar refractivity (Wildman–Crippen MR) is 74.5 cm³/mol. The molecule has 0 unspecified atom stereocenters. The highest BCUT2D eigenvalue weighted by Gasteiger charge is 2.25. The van der Waals surface area contributed by atoms with Gasteiger partial charge in [-0.1, -0.05) is 0 Å². The van der Waals surface area contributed by atoms with Crippen molar-refractivity contribution in [3.05, 3.63) is 28.5 Å². The van der Waals surface area contributed by atoms with Crippen LogP contribution in [0, 0.1) is 0 Å². The predicted octanol–water partition coefficient (Wildman–Crippen LogP) is 2.01. The van der Waals surface area contributed by atoms with Crippen LogP contribution in [0.25, 0.3) is 0 Å². The lowest BCUT2D eigenvalue weighted by Gasteiger charge is -2.34. The second-order valence-corrected chi connectivity index (χ2v) is 5.73. The third kappa shape index (κ3) is 3.09. The highest BCUT2D eigenvalue weighted by Crippen LogP contribution is 2.16. The van der Waals surface area contributed by atoms with Gasteiger partial charge in [-0.15, -0.1) is 0 Å². The highest BCUT2D eigenvalue weighted by atomic mass is 79.9. The van der Waals surface area contributed by atoms with Crippen LogP contribution < -0.4 is 0 Å². The summed E-state index contributed by atoms with van der Waals surface area (Å²) >= 11 is 3.32. The van der Waals surface area contributed by atoms with Gasteiger partial charge in [0.1, 0.15) is 5.69 Å². The first-order chi connectivity index (χ1) is 8.58. The molecule has 0 aromatic carbocycles. The van der Waals surface area contributed by atoms with Gasteiger partial charge in [-0.05, 0) is 61.0 Å². The zero-order valence-corrected chi connectivity index (χ0v) is 12.4. The molecule has 0 N–H and O–H groups in total. The number of pyridine rings is 1. The van der Waals surface area contributed by atoms with Crippen LogP contribution in [0.4, 0.5) is 0 Å². The van der Waals surface area contributed by atoms with E-state index in [4.69, 9.17) is 0 Å². The van der Waals surface area contributed by atoms with Gasteiger partial charge in [0.05, 0.1) is 0 Å². The topological polar surface area (TPSA) is 36.4 Å². The average molecular weight is 312 g/mol. The lowest BCUT2D eigenvalue weighted by molar-refractivity contribution is 0.0654. The van der Waals surface area contributed by atoms with E-state index < -0.39 is 0 Å². The van der Waals surface area contributed by atoms with Gasteiger partial charge in [0.15, 0.2) is 0 Å². The molecule has 1 saturated heterocycles. The van der Waals surface area contributed by atoms with Gasteiger partial charge >= 0.3 is 0 Å². The van der Waals surface area contributed by atoms with E-state index in [1.165, 1.54) is 0 Å². The summed E-state index contributed by atoms with van der Waals surface area (Å²) in [4.78, 5) is 20.6. The maximum atomic E-state index is 12.3. The zero-order chi connectivity index (χ0) is 13.1. The van der Waals surface area contributed by atoms with Crippen molar-refractivity contribution >= 4 is 21.8 Å². The summed E-state index contributed by atoms with van der Waals surface area (Å²) in [5.74, 6) is 0.0112. The SMILES string of the molecule is CN1CCC(N(C)C(=O)c2ccc(Br)cn2)CC1. The van der Waals surface area contributed by atoms with Crippen molar-refractivity contribution in [1.29, 1.82) is 0 Å². The normalized spacial score (nSPS) is 17.7. The molecule has 2 rings (SSSR count). The molecule has 4 nitrogen and oxygen atoms in total. The lowest BCUT2D eigenvalue weighted by Crippen LogP contribution is -2.44. The molecule has 98 valence electrons. The van der Waals surface area contributed by atoms with Gasteiger partial charge in [0.25, 0.3) is 5.91 Å². The molecule has 0 aliphatic carbocycles.